The summed E-state index contributed by atoms with van der Waals surface area (Å²) in [7, 11) is 2.05. The Hall–Kier alpha value is -0.440. The molecular weight excluding hydrogens is 168 g/mol. The summed E-state index contributed by atoms with van der Waals surface area (Å²) in [5.74, 6) is 2.42. The summed E-state index contributed by atoms with van der Waals surface area (Å²) in [4.78, 5) is 6.60. The Morgan fingerprint density at radius 2 is 2.50 bits per heavy atom. The van der Waals surface area contributed by atoms with Crippen LogP contribution in [-0.4, -0.2) is 36.3 Å². The van der Waals surface area contributed by atoms with Gasteiger partial charge in [0.1, 0.15) is 5.84 Å². The summed E-state index contributed by atoms with van der Waals surface area (Å²) in [6, 6.07) is 0. The van der Waals surface area contributed by atoms with Crippen molar-refractivity contribution in [3.05, 3.63) is 12.3 Å². The van der Waals surface area contributed by atoms with E-state index in [4.69, 9.17) is 0 Å². The maximum absolute atomic E-state index is 4.51. The first kappa shape index (κ1) is 9.65. The van der Waals surface area contributed by atoms with Gasteiger partial charge in [-0.1, -0.05) is 6.08 Å². The van der Waals surface area contributed by atoms with E-state index in [1.54, 1.807) is 0 Å². The quantitative estimate of drug-likeness (QED) is 0.621. The summed E-state index contributed by atoms with van der Waals surface area (Å²) >= 11 is 1.89. The van der Waals surface area contributed by atoms with Gasteiger partial charge in [0.25, 0.3) is 0 Å². The van der Waals surface area contributed by atoms with Crippen LogP contribution >= 0.6 is 11.8 Å². The number of rotatable bonds is 4. The second-order valence-corrected chi connectivity index (χ2v) is 3.83. The molecule has 0 radical (unpaired) electrons. The molecule has 0 N–H and O–H groups in total. The lowest BCUT2D eigenvalue weighted by Gasteiger charge is -2.09. The van der Waals surface area contributed by atoms with Crippen molar-refractivity contribution in [1.29, 1.82) is 0 Å². The summed E-state index contributed by atoms with van der Waals surface area (Å²) in [5, 5.41) is 0. The zero-order valence-corrected chi connectivity index (χ0v) is 8.60. The Morgan fingerprint density at radius 1 is 1.67 bits per heavy atom. The molecule has 0 aliphatic carbocycles. The van der Waals surface area contributed by atoms with Gasteiger partial charge >= 0.3 is 0 Å². The van der Waals surface area contributed by atoms with Gasteiger partial charge < -0.3 is 4.90 Å². The molecule has 0 saturated heterocycles. The predicted octanol–water partition coefficient (Wildman–Crippen LogP) is 1.99. The zero-order valence-electron chi connectivity index (χ0n) is 7.79. The third kappa shape index (κ3) is 2.89. The Labute approximate surface area is 78.7 Å². The van der Waals surface area contributed by atoms with Crippen molar-refractivity contribution in [2.45, 2.75) is 12.8 Å². The third-order valence-electron chi connectivity index (χ3n) is 1.84. The van der Waals surface area contributed by atoms with Gasteiger partial charge in [-0.05, 0) is 18.4 Å². The lowest BCUT2D eigenvalue weighted by atomic mass is 10.4. The smallest absolute Gasteiger partial charge is 0.106 e. The highest BCUT2D eigenvalue weighted by molar-refractivity contribution is 7.98. The van der Waals surface area contributed by atoms with E-state index in [-0.39, 0.29) is 0 Å². The van der Waals surface area contributed by atoms with Crippen LogP contribution in [0.25, 0.3) is 0 Å². The van der Waals surface area contributed by atoms with Gasteiger partial charge in [0, 0.05) is 26.2 Å². The van der Waals surface area contributed by atoms with Crippen LogP contribution in [0.4, 0.5) is 0 Å². The van der Waals surface area contributed by atoms with Crippen LogP contribution in [0.3, 0.4) is 0 Å². The van der Waals surface area contributed by atoms with Gasteiger partial charge in [-0.3, -0.25) is 4.99 Å². The lowest BCUT2D eigenvalue weighted by Crippen LogP contribution is -2.15. The first-order valence-corrected chi connectivity index (χ1v) is 5.65. The van der Waals surface area contributed by atoms with E-state index in [9.17, 15) is 0 Å². The molecule has 1 aliphatic heterocycles. The van der Waals surface area contributed by atoms with Crippen LogP contribution in [0.15, 0.2) is 17.3 Å². The van der Waals surface area contributed by atoms with Crippen LogP contribution in [0, 0.1) is 0 Å². The van der Waals surface area contributed by atoms with E-state index in [1.807, 2.05) is 11.8 Å². The van der Waals surface area contributed by atoms with Crippen LogP contribution in [0.1, 0.15) is 12.8 Å². The molecule has 0 aromatic carbocycles. The highest BCUT2D eigenvalue weighted by atomic mass is 32.2. The molecule has 0 spiro atoms. The second-order valence-electron chi connectivity index (χ2n) is 2.84. The van der Waals surface area contributed by atoms with Gasteiger partial charge in [-0.15, -0.1) is 0 Å². The number of thioether (sulfide) groups is 1. The van der Waals surface area contributed by atoms with E-state index < -0.39 is 0 Å². The minimum Gasteiger partial charge on any atom is -0.340 e. The van der Waals surface area contributed by atoms with Crippen molar-refractivity contribution in [1.82, 2.24) is 4.90 Å². The molecule has 0 bridgehead atoms. The first-order valence-electron chi connectivity index (χ1n) is 4.26. The number of nitrogens with zero attached hydrogens (tertiary/aromatic N) is 2. The highest BCUT2D eigenvalue weighted by Crippen LogP contribution is 2.05. The molecule has 0 fully saturated rings. The minimum absolute atomic E-state index is 0.974. The molecule has 0 aromatic rings. The molecule has 0 saturated carbocycles. The molecular formula is C9H16N2S. The van der Waals surface area contributed by atoms with Crippen molar-refractivity contribution in [2.75, 3.05) is 25.6 Å². The van der Waals surface area contributed by atoms with E-state index in [2.05, 4.69) is 35.5 Å². The van der Waals surface area contributed by atoms with Gasteiger partial charge in [0.05, 0.1) is 0 Å². The van der Waals surface area contributed by atoms with Crippen molar-refractivity contribution in [3.63, 3.8) is 0 Å². The molecule has 12 heavy (non-hydrogen) atoms. The standard InChI is InChI=1S/C9H16N2S/c1-11-7-3-5-9(11)10-6-4-8-12-2/h3,7H,4-6,8H2,1-2H3. The van der Waals surface area contributed by atoms with Crippen LogP contribution < -0.4 is 0 Å². The Kier molecular flexibility index (Phi) is 4.22. The SMILES string of the molecule is CSCCCN=C1CC=CN1C. The molecule has 0 atom stereocenters. The van der Waals surface area contributed by atoms with E-state index in [0.29, 0.717) is 0 Å². The summed E-state index contributed by atoms with van der Waals surface area (Å²) < 4.78 is 0. The monoisotopic (exact) mass is 184 g/mol. The molecule has 68 valence electrons. The summed E-state index contributed by atoms with van der Waals surface area (Å²) in [6.07, 6.45) is 8.56. The number of aliphatic imine (C=N–C) groups is 1. The Bertz CT molecular complexity index is 187. The van der Waals surface area contributed by atoms with Gasteiger partial charge in [0.2, 0.25) is 0 Å². The fourth-order valence-electron chi connectivity index (χ4n) is 1.14. The topological polar surface area (TPSA) is 15.6 Å². The molecule has 3 heteroatoms. The normalized spacial score (nSPS) is 19.5. The minimum atomic E-state index is 0.974. The maximum atomic E-state index is 4.51. The number of hydrogen-bond acceptors (Lipinski definition) is 2. The lowest BCUT2D eigenvalue weighted by molar-refractivity contribution is 0.690. The second kappa shape index (κ2) is 5.25. The molecule has 1 aliphatic rings. The van der Waals surface area contributed by atoms with Crippen molar-refractivity contribution >= 4 is 17.6 Å². The molecule has 0 amide bonds. The molecule has 2 nitrogen and oxygen atoms in total. The van der Waals surface area contributed by atoms with Crippen molar-refractivity contribution in [3.8, 4) is 0 Å². The average Bonchev–Trinajstić information content (AvgIpc) is 2.46. The van der Waals surface area contributed by atoms with Crippen LogP contribution in [-0.2, 0) is 0 Å². The summed E-state index contributed by atoms with van der Waals surface area (Å²) in [6.45, 7) is 0.974. The average molecular weight is 184 g/mol. The van der Waals surface area contributed by atoms with E-state index in [1.165, 1.54) is 18.0 Å². The fraction of sp³-hybridized carbons (Fsp3) is 0.667. The molecule has 0 unspecified atom stereocenters. The summed E-state index contributed by atoms with van der Waals surface area (Å²) in [5.41, 5.74) is 0. The highest BCUT2D eigenvalue weighted by Gasteiger charge is 2.06. The molecule has 1 heterocycles. The van der Waals surface area contributed by atoms with Crippen molar-refractivity contribution < 1.29 is 0 Å². The largest absolute Gasteiger partial charge is 0.340 e. The fourth-order valence-corrected chi connectivity index (χ4v) is 1.56. The number of hydrogen-bond donors (Lipinski definition) is 0. The zero-order chi connectivity index (χ0) is 8.81. The van der Waals surface area contributed by atoms with Gasteiger partial charge in [-0.25, -0.2) is 0 Å². The molecule has 0 aromatic heterocycles. The van der Waals surface area contributed by atoms with E-state index >= 15 is 0 Å². The van der Waals surface area contributed by atoms with E-state index in [0.717, 1.165) is 13.0 Å². The Balaban J connectivity index is 2.19. The first-order chi connectivity index (χ1) is 5.84. The maximum Gasteiger partial charge on any atom is 0.106 e. The van der Waals surface area contributed by atoms with Crippen LogP contribution in [0.5, 0.6) is 0 Å². The Morgan fingerprint density at radius 3 is 3.08 bits per heavy atom. The van der Waals surface area contributed by atoms with Crippen molar-refractivity contribution in [2.24, 2.45) is 4.99 Å². The van der Waals surface area contributed by atoms with Gasteiger partial charge in [0.15, 0.2) is 0 Å². The van der Waals surface area contributed by atoms with Gasteiger partial charge in [-0.2, -0.15) is 11.8 Å². The molecule has 1 rings (SSSR count). The number of amidine groups is 1. The predicted molar refractivity (Wildman–Crippen MR) is 56.8 cm³/mol. The third-order valence-corrected chi connectivity index (χ3v) is 2.53. The van der Waals surface area contributed by atoms with Crippen LogP contribution in [0.2, 0.25) is 0 Å².